The van der Waals surface area contributed by atoms with Crippen molar-refractivity contribution in [3.8, 4) is 22.6 Å². The zero-order valence-corrected chi connectivity index (χ0v) is 20.6. The molecule has 0 saturated heterocycles. The molecule has 0 bridgehead atoms. The van der Waals surface area contributed by atoms with Crippen molar-refractivity contribution < 1.29 is 28.5 Å². The smallest absolute Gasteiger partial charge is 0.310 e. The second-order valence-corrected chi connectivity index (χ2v) is 8.40. The molecule has 3 N–H and O–H groups in total. The third-order valence-electron chi connectivity index (χ3n) is 5.87. The van der Waals surface area contributed by atoms with E-state index in [0.29, 0.717) is 36.8 Å². The minimum atomic E-state index is -0.314. The van der Waals surface area contributed by atoms with E-state index in [1.165, 1.54) is 0 Å². The highest BCUT2D eigenvalue weighted by atomic mass is 16.5. The molecule has 0 aliphatic carbocycles. The average molecular weight is 490 g/mol. The summed E-state index contributed by atoms with van der Waals surface area (Å²) in [5.74, 6) is 1.59. The minimum absolute atomic E-state index is 0.00681. The Balaban J connectivity index is 1.69. The molecule has 7 nitrogen and oxygen atoms in total. The number of rotatable bonds is 11. The molecule has 0 aliphatic heterocycles. The molecule has 0 unspecified atom stereocenters. The fraction of sp³-hybridized carbons (Fsp3) is 0.276. The number of carbonyl (C=O) groups is 1. The lowest BCUT2D eigenvalue weighted by Crippen LogP contribution is -2.09. The maximum absolute atomic E-state index is 12.1. The van der Waals surface area contributed by atoms with Crippen LogP contribution in [0.1, 0.15) is 29.4 Å². The highest BCUT2D eigenvalue weighted by Gasteiger charge is 2.15. The molecule has 0 fully saturated rings. The molecule has 0 saturated carbocycles. The second-order valence-electron chi connectivity index (χ2n) is 8.40. The van der Waals surface area contributed by atoms with Crippen molar-refractivity contribution in [1.29, 1.82) is 0 Å². The van der Waals surface area contributed by atoms with Crippen molar-refractivity contribution in [2.75, 3.05) is 20.3 Å². The zero-order valence-electron chi connectivity index (χ0n) is 20.6. The topological polar surface area (TPSA) is 104 Å². The van der Waals surface area contributed by atoms with E-state index in [1.807, 2.05) is 48.5 Å². The molecule has 1 heterocycles. The van der Waals surface area contributed by atoms with Crippen LogP contribution in [0.25, 0.3) is 22.1 Å². The molecular weight excluding hydrogens is 458 g/mol. The number of ether oxygens (including phenoxy) is 3. The number of nitrogens with two attached hydrogens (primary N) is 1. The van der Waals surface area contributed by atoms with Crippen LogP contribution in [0.3, 0.4) is 0 Å². The van der Waals surface area contributed by atoms with Crippen LogP contribution in [0, 0.1) is 0 Å². The third kappa shape index (κ3) is 5.87. The Labute approximate surface area is 210 Å². The third-order valence-corrected chi connectivity index (χ3v) is 5.87. The van der Waals surface area contributed by atoms with E-state index in [-0.39, 0.29) is 25.6 Å². The molecule has 188 valence electrons. The molecule has 1 aromatic heterocycles. The molecule has 0 atom stereocenters. The van der Waals surface area contributed by atoms with E-state index in [4.69, 9.17) is 24.4 Å². The van der Waals surface area contributed by atoms with Crippen LogP contribution in [0.2, 0.25) is 0 Å². The molecule has 7 heteroatoms. The Bertz CT molecular complexity index is 1340. The average Bonchev–Trinajstić information content (AvgIpc) is 3.30. The van der Waals surface area contributed by atoms with Crippen molar-refractivity contribution in [2.24, 2.45) is 5.73 Å². The number of fused-ring (bicyclic) bond motifs is 1. The maximum atomic E-state index is 12.1. The number of aliphatic hydroxyl groups is 1. The first-order valence-electron chi connectivity index (χ1n) is 12.0. The van der Waals surface area contributed by atoms with Gasteiger partial charge in [-0.2, -0.15) is 0 Å². The summed E-state index contributed by atoms with van der Waals surface area (Å²) < 4.78 is 22.8. The summed E-state index contributed by atoms with van der Waals surface area (Å²) in [6.07, 6.45) is 0.541. The van der Waals surface area contributed by atoms with Crippen LogP contribution in [-0.2, 0) is 35.5 Å². The predicted molar refractivity (Wildman–Crippen MR) is 138 cm³/mol. The van der Waals surface area contributed by atoms with Crippen molar-refractivity contribution in [2.45, 2.75) is 32.9 Å². The SMILES string of the molecule is CCOC(=O)Cc1ccc(OC)cc1OCc1cc(-c2cccc(CN)c2)c2oc(CCO)cc2c1. The maximum Gasteiger partial charge on any atom is 0.310 e. The highest BCUT2D eigenvalue weighted by Crippen LogP contribution is 2.34. The Morgan fingerprint density at radius 2 is 1.92 bits per heavy atom. The van der Waals surface area contributed by atoms with Gasteiger partial charge < -0.3 is 29.5 Å². The number of benzene rings is 3. The standard InChI is InChI=1S/C29H31NO6/c1-3-34-28(32)15-22-7-8-24(33-2)16-27(22)35-18-20-12-23-14-25(9-10-31)36-29(23)26(13-20)21-6-4-5-19(11-21)17-30/h4-8,11-14,16,31H,3,9-10,15,17-18,30H2,1-2H3. The summed E-state index contributed by atoms with van der Waals surface area (Å²) >= 11 is 0. The summed E-state index contributed by atoms with van der Waals surface area (Å²) in [6.45, 7) is 2.81. The van der Waals surface area contributed by atoms with Crippen molar-refractivity contribution in [1.82, 2.24) is 0 Å². The second kappa shape index (κ2) is 11.7. The number of esters is 1. The van der Waals surface area contributed by atoms with Gasteiger partial charge in [0.15, 0.2) is 0 Å². The molecule has 0 amide bonds. The van der Waals surface area contributed by atoms with Crippen molar-refractivity contribution in [3.63, 3.8) is 0 Å². The quantitative estimate of drug-likeness (QED) is 0.292. The van der Waals surface area contributed by atoms with Gasteiger partial charge in [-0.15, -0.1) is 0 Å². The normalized spacial score (nSPS) is 11.0. The Morgan fingerprint density at radius 3 is 2.67 bits per heavy atom. The molecule has 0 spiro atoms. The lowest BCUT2D eigenvalue weighted by Gasteiger charge is -2.14. The monoisotopic (exact) mass is 489 g/mol. The lowest BCUT2D eigenvalue weighted by atomic mass is 9.99. The molecule has 36 heavy (non-hydrogen) atoms. The van der Waals surface area contributed by atoms with Crippen LogP contribution in [0.4, 0.5) is 0 Å². The first-order valence-corrected chi connectivity index (χ1v) is 12.0. The predicted octanol–water partition coefficient (Wildman–Crippen LogP) is 4.79. The van der Waals surface area contributed by atoms with E-state index in [2.05, 4.69) is 0 Å². The first-order chi connectivity index (χ1) is 17.5. The van der Waals surface area contributed by atoms with Gasteiger partial charge in [0.2, 0.25) is 0 Å². The highest BCUT2D eigenvalue weighted by molar-refractivity contribution is 5.93. The molecule has 4 aromatic rings. The summed E-state index contributed by atoms with van der Waals surface area (Å²) in [4.78, 5) is 12.1. The fourth-order valence-electron chi connectivity index (χ4n) is 4.14. The summed E-state index contributed by atoms with van der Waals surface area (Å²) in [5.41, 5.74) is 11.2. The van der Waals surface area contributed by atoms with E-state index in [1.54, 1.807) is 26.2 Å². The number of carbonyl (C=O) groups excluding carboxylic acids is 1. The van der Waals surface area contributed by atoms with Gasteiger partial charge in [-0.3, -0.25) is 4.79 Å². The Morgan fingerprint density at radius 1 is 1.06 bits per heavy atom. The van der Waals surface area contributed by atoms with E-state index >= 15 is 0 Å². The van der Waals surface area contributed by atoms with Crippen LogP contribution in [-0.4, -0.2) is 31.4 Å². The summed E-state index contributed by atoms with van der Waals surface area (Å²) in [7, 11) is 1.59. The van der Waals surface area contributed by atoms with Crippen molar-refractivity contribution >= 4 is 16.9 Å². The van der Waals surface area contributed by atoms with Crippen LogP contribution in [0.5, 0.6) is 11.5 Å². The van der Waals surface area contributed by atoms with Gasteiger partial charge in [-0.05, 0) is 53.9 Å². The van der Waals surface area contributed by atoms with Gasteiger partial charge in [-0.25, -0.2) is 0 Å². The van der Waals surface area contributed by atoms with Gasteiger partial charge in [0, 0.05) is 35.5 Å². The van der Waals surface area contributed by atoms with Crippen LogP contribution in [0.15, 0.2) is 65.1 Å². The number of aliphatic hydroxyl groups excluding tert-OH is 1. The Hall–Kier alpha value is -3.81. The minimum Gasteiger partial charge on any atom is -0.497 e. The molecular formula is C29H31NO6. The van der Waals surface area contributed by atoms with Crippen molar-refractivity contribution in [3.05, 3.63) is 83.1 Å². The zero-order chi connectivity index (χ0) is 25.5. The number of hydrogen-bond donors (Lipinski definition) is 2. The Kier molecular flexibility index (Phi) is 8.25. The number of furan rings is 1. The van der Waals surface area contributed by atoms with E-state index in [0.717, 1.165) is 38.8 Å². The number of methoxy groups -OCH3 is 1. The van der Waals surface area contributed by atoms with Gasteiger partial charge in [0.25, 0.3) is 0 Å². The fourth-order valence-corrected chi connectivity index (χ4v) is 4.14. The largest absolute Gasteiger partial charge is 0.497 e. The van der Waals surface area contributed by atoms with Crippen LogP contribution < -0.4 is 15.2 Å². The molecule has 0 radical (unpaired) electrons. The summed E-state index contributed by atoms with van der Waals surface area (Å²) in [5, 5.41) is 10.3. The van der Waals surface area contributed by atoms with Gasteiger partial charge >= 0.3 is 5.97 Å². The number of hydrogen-bond acceptors (Lipinski definition) is 7. The van der Waals surface area contributed by atoms with Gasteiger partial charge in [0.1, 0.15) is 29.4 Å². The van der Waals surface area contributed by atoms with E-state index in [9.17, 15) is 9.90 Å². The van der Waals surface area contributed by atoms with Gasteiger partial charge in [-0.1, -0.05) is 24.3 Å². The first kappa shape index (κ1) is 25.3. The molecule has 3 aromatic carbocycles. The summed E-state index contributed by atoms with van der Waals surface area (Å²) in [6, 6.07) is 19.4. The van der Waals surface area contributed by atoms with Gasteiger partial charge in [0.05, 0.1) is 26.7 Å². The lowest BCUT2D eigenvalue weighted by molar-refractivity contribution is -0.142. The van der Waals surface area contributed by atoms with Crippen LogP contribution >= 0.6 is 0 Å². The molecule has 0 aliphatic rings. The molecule has 4 rings (SSSR count). The van der Waals surface area contributed by atoms with E-state index < -0.39 is 0 Å².